The van der Waals surface area contributed by atoms with Crippen molar-refractivity contribution in [3.63, 3.8) is 0 Å². The van der Waals surface area contributed by atoms with E-state index in [2.05, 4.69) is 42.8 Å². The van der Waals surface area contributed by atoms with Crippen LogP contribution in [0.4, 0.5) is 11.4 Å². The van der Waals surface area contributed by atoms with Gasteiger partial charge in [-0.2, -0.15) is 0 Å². The molecule has 1 aromatic rings. The largest absolute Gasteiger partial charge is 0.380 e. The zero-order chi connectivity index (χ0) is 16.3. The summed E-state index contributed by atoms with van der Waals surface area (Å²) in [5.41, 5.74) is 0.418. The number of thiol groups is 1. The van der Waals surface area contributed by atoms with Crippen molar-refractivity contribution in [3.05, 3.63) is 20.4 Å². The summed E-state index contributed by atoms with van der Waals surface area (Å²) in [7, 11) is 3.62. The second-order valence-electron chi connectivity index (χ2n) is 6.55. The Bertz CT molecular complexity index is 574. The highest BCUT2D eigenvalue weighted by Gasteiger charge is 2.27. The minimum absolute atomic E-state index is 0.124. The Morgan fingerprint density at radius 2 is 1.82 bits per heavy atom. The number of rotatable bonds is 7. The Kier molecular flexibility index (Phi) is 5.85. The molecule has 2 rings (SSSR count). The summed E-state index contributed by atoms with van der Waals surface area (Å²) < 4.78 is 0.124. The first-order chi connectivity index (χ1) is 10.4. The Morgan fingerprint density at radius 1 is 1.18 bits per heavy atom. The molecule has 0 saturated carbocycles. The maximum Gasteiger partial charge on any atom is 0.253 e. The highest BCUT2D eigenvalue weighted by molar-refractivity contribution is 8.69. The third-order valence-electron chi connectivity index (χ3n) is 4.21. The maximum absolute atomic E-state index is 11.9. The molecule has 5 nitrogen and oxygen atoms in total. The number of nitrogens with zero attached hydrogens (tertiary/aromatic N) is 2. The van der Waals surface area contributed by atoms with Crippen molar-refractivity contribution < 1.29 is 0 Å². The molecule has 1 aliphatic rings. The van der Waals surface area contributed by atoms with Crippen molar-refractivity contribution in [2.24, 2.45) is 0 Å². The van der Waals surface area contributed by atoms with Crippen LogP contribution >= 0.6 is 22.5 Å². The van der Waals surface area contributed by atoms with Crippen molar-refractivity contribution in [2.45, 2.75) is 31.4 Å². The molecule has 1 fully saturated rings. The first-order valence-corrected chi connectivity index (χ1v) is 9.56. The molecule has 7 heteroatoms. The molecule has 1 saturated heterocycles. The molecule has 0 unspecified atom stereocenters. The van der Waals surface area contributed by atoms with Crippen LogP contribution < -0.4 is 21.1 Å². The lowest BCUT2D eigenvalue weighted by Gasteiger charge is -2.35. The average molecular weight is 344 g/mol. The summed E-state index contributed by atoms with van der Waals surface area (Å²) in [5, 5.41) is 3.17. The number of likely N-dealkylation sites (N-methyl/N-ethyl adjacent to an activating group) is 1. The Morgan fingerprint density at radius 3 is 2.41 bits per heavy atom. The number of nitrogens with one attached hydrogen (secondary N) is 1. The smallest absolute Gasteiger partial charge is 0.253 e. The van der Waals surface area contributed by atoms with E-state index in [4.69, 9.17) is 0 Å². The van der Waals surface area contributed by atoms with Gasteiger partial charge in [-0.25, -0.2) is 0 Å². The van der Waals surface area contributed by atoms with Crippen LogP contribution in [0.3, 0.4) is 0 Å². The summed E-state index contributed by atoms with van der Waals surface area (Å²) in [6.07, 6.45) is 1.95. The van der Waals surface area contributed by atoms with Gasteiger partial charge in [0.2, 0.25) is 0 Å². The van der Waals surface area contributed by atoms with E-state index in [9.17, 15) is 9.59 Å². The van der Waals surface area contributed by atoms with E-state index in [0.717, 1.165) is 39.0 Å². The molecule has 124 valence electrons. The fraction of sp³-hybridized carbons (Fsp3) is 0.733. The number of anilines is 2. The van der Waals surface area contributed by atoms with Crippen LogP contribution in [0.2, 0.25) is 0 Å². The molecule has 1 aliphatic heterocycles. The molecular weight excluding hydrogens is 318 g/mol. The molecule has 1 heterocycles. The molecule has 0 aliphatic carbocycles. The lowest BCUT2D eigenvalue weighted by molar-refractivity contribution is 0.312. The van der Waals surface area contributed by atoms with Crippen LogP contribution in [-0.2, 0) is 0 Å². The van der Waals surface area contributed by atoms with E-state index in [-0.39, 0.29) is 15.6 Å². The summed E-state index contributed by atoms with van der Waals surface area (Å²) in [5.74, 6) is 0. The van der Waals surface area contributed by atoms with Gasteiger partial charge in [0.15, 0.2) is 0 Å². The van der Waals surface area contributed by atoms with Crippen LogP contribution in [-0.4, -0.2) is 49.4 Å². The van der Waals surface area contributed by atoms with Gasteiger partial charge in [0.1, 0.15) is 11.4 Å². The van der Waals surface area contributed by atoms with E-state index < -0.39 is 0 Å². The second-order valence-corrected chi connectivity index (χ2v) is 8.39. The van der Waals surface area contributed by atoms with Gasteiger partial charge in [-0.1, -0.05) is 10.8 Å². The first-order valence-electron chi connectivity index (χ1n) is 7.69. The van der Waals surface area contributed by atoms with Crippen LogP contribution in [0.1, 0.15) is 26.7 Å². The Hall–Kier alpha value is -0.660. The number of hydrogen-bond donors (Lipinski definition) is 2. The first kappa shape index (κ1) is 17.7. The number of hydrogen-bond acceptors (Lipinski definition) is 7. The van der Waals surface area contributed by atoms with Crippen molar-refractivity contribution in [2.75, 3.05) is 50.0 Å². The SMILES string of the molecule is CN1CCN(c2c(NCCCC(C)(C)SS)c(=O)c2=O)CC1. The quantitative estimate of drug-likeness (QED) is 0.339. The minimum Gasteiger partial charge on any atom is -0.380 e. The molecule has 22 heavy (non-hydrogen) atoms. The second kappa shape index (κ2) is 7.27. The van der Waals surface area contributed by atoms with E-state index in [1.165, 1.54) is 0 Å². The topological polar surface area (TPSA) is 52.6 Å². The minimum atomic E-state index is -0.364. The van der Waals surface area contributed by atoms with Gasteiger partial charge < -0.3 is 15.1 Å². The molecule has 0 aromatic heterocycles. The van der Waals surface area contributed by atoms with Gasteiger partial charge >= 0.3 is 0 Å². The van der Waals surface area contributed by atoms with E-state index in [1.54, 1.807) is 10.8 Å². The van der Waals surface area contributed by atoms with Crippen molar-refractivity contribution in [1.29, 1.82) is 0 Å². The molecule has 0 radical (unpaired) electrons. The van der Waals surface area contributed by atoms with Gasteiger partial charge in [-0.15, -0.1) is 11.7 Å². The van der Waals surface area contributed by atoms with Crippen LogP contribution in [0, 0.1) is 0 Å². The Balaban J connectivity index is 1.91. The number of piperazine rings is 1. The predicted octanol–water partition coefficient (Wildman–Crippen LogP) is 1.58. The monoisotopic (exact) mass is 343 g/mol. The molecule has 1 aromatic carbocycles. The van der Waals surface area contributed by atoms with Gasteiger partial charge in [-0.3, -0.25) is 9.59 Å². The zero-order valence-electron chi connectivity index (χ0n) is 13.5. The van der Waals surface area contributed by atoms with Crippen molar-refractivity contribution in [1.82, 2.24) is 4.90 Å². The molecule has 0 spiro atoms. The molecular formula is C15H25N3O2S2. The van der Waals surface area contributed by atoms with Gasteiger partial charge in [0, 0.05) is 37.5 Å². The summed E-state index contributed by atoms with van der Waals surface area (Å²) in [6, 6.07) is 0. The molecule has 1 N–H and O–H groups in total. The fourth-order valence-corrected chi connectivity index (χ4v) is 3.16. The molecule has 0 amide bonds. The van der Waals surface area contributed by atoms with Gasteiger partial charge in [0.05, 0.1) is 0 Å². The third-order valence-corrected chi connectivity index (χ3v) is 6.39. The lowest BCUT2D eigenvalue weighted by atomic mass is 10.1. The fourth-order valence-electron chi connectivity index (χ4n) is 2.65. The third kappa shape index (κ3) is 4.00. The molecule has 0 bridgehead atoms. The highest BCUT2D eigenvalue weighted by Crippen LogP contribution is 2.32. The van der Waals surface area contributed by atoms with E-state index in [0.29, 0.717) is 17.9 Å². The maximum atomic E-state index is 11.9. The normalized spacial score (nSPS) is 17.2. The van der Waals surface area contributed by atoms with Crippen molar-refractivity contribution >= 4 is 33.8 Å². The predicted molar refractivity (Wildman–Crippen MR) is 99.4 cm³/mol. The standard InChI is InChI=1S/C15H25N3O2S2/c1-15(2,22-21)5-4-6-16-11-12(14(20)13(11)19)18-9-7-17(3)8-10-18/h16,21H,4-10H2,1-3H3. The van der Waals surface area contributed by atoms with E-state index in [1.807, 2.05) is 4.90 Å². The van der Waals surface area contributed by atoms with Crippen molar-refractivity contribution in [3.8, 4) is 0 Å². The Labute approximate surface area is 140 Å². The van der Waals surface area contributed by atoms with Crippen LogP contribution in [0.15, 0.2) is 9.59 Å². The van der Waals surface area contributed by atoms with Crippen LogP contribution in [0.5, 0.6) is 0 Å². The highest BCUT2D eigenvalue weighted by atomic mass is 33.1. The summed E-state index contributed by atoms with van der Waals surface area (Å²) in [4.78, 5) is 27.9. The average Bonchev–Trinajstić information content (AvgIpc) is 2.51. The molecule has 0 atom stereocenters. The van der Waals surface area contributed by atoms with E-state index >= 15 is 0 Å². The summed E-state index contributed by atoms with van der Waals surface area (Å²) in [6.45, 7) is 8.47. The van der Waals surface area contributed by atoms with Crippen LogP contribution in [0.25, 0.3) is 0 Å². The van der Waals surface area contributed by atoms with Gasteiger partial charge in [0.25, 0.3) is 10.9 Å². The van der Waals surface area contributed by atoms with Gasteiger partial charge in [-0.05, 0) is 33.7 Å². The summed E-state index contributed by atoms with van der Waals surface area (Å²) >= 11 is 4.27. The lowest BCUT2D eigenvalue weighted by Crippen LogP contribution is -2.50. The zero-order valence-corrected chi connectivity index (χ0v) is 15.2.